The number of benzene rings is 1. The molecule has 0 heterocycles. The van der Waals surface area contributed by atoms with Crippen LogP contribution < -0.4 is 5.32 Å². The Morgan fingerprint density at radius 2 is 2.28 bits per heavy atom. The van der Waals surface area contributed by atoms with Gasteiger partial charge in [-0.15, -0.1) is 0 Å². The van der Waals surface area contributed by atoms with E-state index in [-0.39, 0.29) is 18.7 Å². The first-order valence-corrected chi connectivity index (χ1v) is 6.44. The molecule has 2 rings (SSSR count). The van der Waals surface area contributed by atoms with E-state index in [2.05, 4.69) is 5.32 Å². The first-order chi connectivity index (χ1) is 8.61. The third-order valence-electron chi connectivity index (χ3n) is 3.02. The highest BCUT2D eigenvalue weighted by molar-refractivity contribution is 6.30. The van der Waals surface area contributed by atoms with Crippen molar-refractivity contribution in [2.24, 2.45) is 0 Å². The summed E-state index contributed by atoms with van der Waals surface area (Å²) in [6.07, 6.45) is 2.04. The molecule has 18 heavy (non-hydrogen) atoms. The summed E-state index contributed by atoms with van der Waals surface area (Å²) in [5.74, 6) is 0. The van der Waals surface area contributed by atoms with E-state index in [4.69, 9.17) is 16.7 Å². The van der Waals surface area contributed by atoms with Gasteiger partial charge in [-0.05, 0) is 43.5 Å². The number of rotatable bonds is 4. The number of halogens is 1. The molecule has 0 atom stereocenters. The van der Waals surface area contributed by atoms with Crippen LogP contribution in [0.15, 0.2) is 18.2 Å². The second-order valence-electron chi connectivity index (χ2n) is 4.54. The number of nitrogens with zero attached hydrogens (tertiary/aromatic N) is 1. The molecule has 98 valence electrons. The molecule has 0 saturated heterocycles. The van der Waals surface area contributed by atoms with Crippen molar-refractivity contribution in [1.29, 1.82) is 0 Å². The van der Waals surface area contributed by atoms with Crippen LogP contribution in [0.2, 0.25) is 5.02 Å². The molecule has 2 N–H and O–H groups in total. The minimum Gasteiger partial charge on any atom is -0.395 e. The summed E-state index contributed by atoms with van der Waals surface area (Å²) in [5.41, 5.74) is 1.68. The van der Waals surface area contributed by atoms with Crippen molar-refractivity contribution in [1.82, 2.24) is 4.90 Å². The Kier molecular flexibility index (Phi) is 4.09. The van der Waals surface area contributed by atoms with Gasteiger partial charge >= 0.3 is 6.03 Å². The number of carbonyl (C=O) groups excluding carboxylic acids is 1. The summed E-state index contributed by atoms with van der Waals surface area (Å²) in [5, 5.41) is 12.5. The zero-order chi connectivity index (χ0) is 13.1. The van der Waals surface area contributed by atoms with Crippen molar-refractivity contribution in [3.63, 3.8) is 0 Å². The van der Waals surface area contributed by atoms with Crippen LogP contribution in [0.4, 0.5) is 10.5 Å². The van der Waals surface area contributed by atoms with Crippen LogP contribution in [0.1, 0.15) is 18.4 Å². The molecule has 0 unspecified atom stereocenters. The fraction of sp³-hybridized carbons (Fsp3) is 0.462. The zero-order valence-electron chi connectivity index (χ0n) is 10.3. The molecule has 1 aliphatic rings. The first-order valence-electron chi connectivity index (χ1n) is 6.06. The molecule has 1 fully saturated rings. The molecule has 1 saturated carbocycles. The lowest BCUT2D eigenvalue weighted by molar-refractivity contribution is 0.185. The Morgan fingerprint density at radius 3 is 2.83 bits per heavy atom. The van der Waals surface area contributed by atoms with Gasteiger partial charge in [0.15, 0.2) is 0 Å². The van der Waals surface area contributed by atoms with Crippen LogP contribution in [0.3, 0.4) is 0 Å². The molecule has 0 aliphatic heterocycles. The van der Waals surface area contributed by atoms with Gasteiger partial charge in [-0.2, -0.15) is 0 Å². The Balaban J connectivity index is 2.05. The molecule has 1 aromatic rings. The van der Waals surface area contributed by atoms with Crippen LogP contribution in [0, 0.1) is 6.92 Å². The molecule has 4 nitrogen and oxygen atoms in total. The second kappa shape index (κ2) is 5.59. The third-order valence-corrected chi connectivity index (χ3v) is 3.25. The number of carbonyl (C=O) groups is 1. The smallest absolute Gasteiger partial charge is 0.322 e. The third kappa shape index (κ3) is 3.15. The van der Waals surface area contributed by atoms with Gasteiger partial charge in [0.1, 0.15) is 0 Å². The van der Waals surface area contributed by atoms with Crippen LogP contribution in [-0.4, -0.2) is 35.2 Å². The average molecular weight is 269 g/mol. The van der Waals surface area contributed by atoms with Crippen molar-refractivity contribution < 1.29 is 9.90 Å². The van der Waals surface area contributed by atoms with Gasteiger partial charge in [0.2, 0.25) is 0 Å². The van der Waals surface area contributed by atoms with Crippen molar-refractivity contribution in [2.45, 2.75) is 25.8 Å². The first kappa shape index (κ1) is 13.2. The Bertz CT molecular complexity index is 447. The summed E-state index contributed by atoms with van der Waals surface area (Å²) in [7, 11) is 0. The molecule has 1 aliphatic carbocycles. The number of nitrogens with one attached hydrogen (secondary N) is 1. The largest absolute Gasteiger partial charge is 0.395 e. The normalized spacial score (nSPS) is 14.4. The number of aliphatic hydroxyl groups excluding tert-OH is 1. The van der Waals surface area contributed by atoms with E-state index in [0.717, 1.165) is 24.1 Å². The van der Waals surface area contributed by atoms with E-state index in [1.54, 1.807) is 17.0 Å². The van der Waals surface area contributed by atoms with Gasteiger partial charge in [0.25, 0.3) is 0 Å². The molecule has 0 spiro atoms. The van der Waals surface area contributed by atoms with E-state index in [1.807, 2.05) is 13.0 Å². The zero-order valence-corrected chi connectivity index (χ0v) is 11.1. The fourth-order valence-electron chi connectivity index (χ4n) is 1.90. The van der Waals surface area contributed by atoms with Gasteiger partial charge < -0.3 is 15.3 Å². The Labute approximate surface area is 112 Å². The van der Waals surface area contributed by atoms with Gasteiger partial charge in [-0.1, -0.05) is 11.6 Å². The predicted molar refractivity (Wildman–Crippen MR) is 72.0 cm³/mol. The predicted octanol–water partition coefficient (Wildman–Crippen LogP) is 2.64. The number of urea groups is 1. The van der Waals surface area contributed by atoms with E-state index in [9.17, 15) is 4.79 Å². The lowest BCUT2D eigenvalue weighted by Crippen LogP contribution is -2.38. The lowest BCUT2D eigenvalue weighted by Gasteiger charge is -2.22. The minimum atomic E-state index is -0.156. The summed E-state index contributed by atoms with van der Waals surface area (Å²) in [4.78, 5) is 13.8. The van der Waals surface area contributed by atoms with Crippen molar-refractivity contribution >= 4 is 23.3 Å². The number of aryl methyl sites for hydroxylation is 1. The van der Waals surface area contributed by atoms with Crippen molar-refractivity contribution in [2.75, 3.05) is 18.5 Å². The summed E-state index contributed by atoms with van der Waals surface area (Å²) >= 11 is 5.87. The van der Waals surface area contributed by atoms with E-state index in [0.29, 0.717) is 11.6 Å². The van der Waals surface area contributed by atoms with Gasteiger partial charge in [0, 0.05) is 23.3 Å². The van der Waals surface area contributed by atoms with Crippen molar-refractivity contribution in [3.05, 3.63) is 28.8 Å². The molecule has 0 bridgehead atoms. The topological polar surface area (TPSA) is 52.6 Å². The van der Waals surface area contributed by atoms with E-state index >= 15 is 0 Å². The van der Waals surface area contributed by atoms with Crippen LogP contribution in [0.25, 0.3) is 0 Å². The number of hydrogen-bond acceptors (Lipinski definition) is 2. The average Bonchev–Trinajstić information content (AvgIpc) is 3.13. The molecule has 1 aromatic carbocycles. The van der Waals surface area contributed by atoms with Crippen LogP contribution in [-0.2, 0) is 0 Å². The van der Waals surface area contributed by atoms with Gasteiger partial charge in [-0.3, -0.25) is 0 Å². The monoisotopic (exact) mass is 268 g/mol. The Morgan fingerprint density at radius 1 is 1.56 bits per heavy atom. The maximum atomic E-state index is 12.1. The molecular formula is C13H17ClN2O2. The second-order valence-corrected chi connectivity index (χ2v) is 4.97. The summed E-state index contributed by atoms with van der Waals surface area (Å²) in [6, 6.07) is 5.48. The van der Waals surface area contributed by atoms with E-state index < -0.39 is 0 Å². The highest BCUT2D eigenvalue weighted by Gasteiger charge is 2.32. The summed E-state index contributed by atoms with van der Waals surface area (Å²) < 4.78 is 0. The fourth-order valence-corrected chi connectivity index (χ4v) is 2.12. The van der Waals surface area contributed by atoms with Gasteiger partial charge in [-0.25, -0.2) is 4.79 Å². The highest BCUT2D eigenvalue weighted by Crippen LogP contribution is 2.27. The van der Waals surface area contributed by atoms with Crippen LogP contribution in [0.5, 0.6) is 0 Å². The molecular weight excluding hydrogens is 252 g/mol. The maximum absolute atomic E-state index is 12.1. The molecule has 0 aromatic heterocycles. The van der Waals surface area contributed by atoms with Crippen molar-refractivity contribution in [3.8, 4) is 0 Å². The molecule has 0 radical (unpaired) electrons. The van der Waals surface area contributed by atoms with Gasteiger partial charge in [0.05, 0.1) is 6.61 Å². The number of aliphatic hydroxyl groups is 1. The Hall–Kier alpha value is -1.26. The van der Waals surface area contributed by atoms with E-state index in [1.165, 1.54) is 0 Å². The number of hydrogen-bond donors (Lipinski definition) is 2. The lowest BCUT2D eigenvalue weighted by atomic mass is 10.2. The molecule has 5 heteroatoms. The summed E-state index contributed by atoms with van der Waals surface area (Å²) in [6.45, 7) is 2.27. The highest BCUT2D eigenvalue weighted by atomic mass is 35.5. The number of anilines is 1. The SMILES string of the molecule is Cc1cc(Cl)ccc1NC(=O)N(CCO)C1CC1. The maximum Gasteiger partial charge on any atom is 0.322 e. The minimum absolute atomic E-state index is 0.0104. The van der Waals surface area contributed by atoms with Crippen LogP contribution >= 0.6 is 11.6 Å². The quantitative estimate of drug-likeness (QED) is 0.882. The molecule has 2 amide bonds. The number of amides is 2. The standard InChI is InChI=1S/C13H17ClN2O2/c1-9-8-10(14)2-5-12(9)15-13(18)16(6-7-17)11-3-4-11/h2,5,8,11,17H,3-4,6-7H2,1H3,(H,15,18).